The van der Waals surface area contributed by atoms with E-state index in [-0.39, 0.29) is 28.8 Å². The maximum Gasteiger partial charge on any atom is 0.418 e. The molecule has 1 aromatic heterocycles. The standard InChI is InChI=1S/C25H26F3N5O3/c26-25(27,28)18-6-3-5-17-20(24(35)30-21(17)18)23-22(16-4-1-2-7-19(16)29-23)31-36-15-13-33-10-8-32(9-11-33)12-14-34/h1-7,30,34-35H,8-15H2/b31-22+. The molecule has 3 N–H and O–H groups in total. The summed E-state index contributed by atoms with van der Waals surface area (Å²) in [7, 11) is 0. The van der Waals surface area contributed by atoms with Gasteiger partial charge in [0.1, 0.15) is 18.0 Å². The number of halogens is 3. The summed E-state index contributed by atoms with van der Waals surface area (Å²) in [6, 6.07) is 11.0. The fourth-order valence-corrected chi connectivity index (χ4v) is 4.68. The number of aromatic amines is 1. The van der Waals surface area contributed by atoms with Gasteiger partial charge in [0.25, 0.3) is 0 Å². The number of alkyl halides is 3. The first kappa shape index (κ1) is 24.3. The molecule has 36 heavy (non-hydrogen) atoms. The molecule has 1 fully saturated rings. The van der Waals surface area contributed by atoms with Gasteiger partial charge < -0.3 is 20.0 Å². The van der Waals surface area contributed by atoms with Crippen LogP contribution in [0.4, 0.5) is 18.9 Å². The third-order valence-corrected chi connectivity index (χ3v) is 6.51. The van der Waals surface area contributed by atoms with E-state index in [9.17, 15) is 18.3 Å². The first-order valence-corrected chi connectivity index (χ1v) is 11.7. The summed E-state index contributed by atoms with van der Waals surface area (Å²) in [6.07, 6.45) is -4.59. The Hall–Kier alpha value is -3.41. The van der Waals surface area contributed by atoms with Gasteiger partial charge in [-0.1, -0.05) is 35.5 Å². The number of nitrogens with zero attached hydrogens (tertiary/aromatic N) is 4. The van der Waals surface area contributed by atoms with Gasteiger partial charge in [-0.2, -0.15) is 13.2 Å². The molecule has 8 nitrogen and oxygen atoms in total. The molecule has 0 saturated carbocycles. The van der Waals surface area contributed by atoms with Gasteiger partial charge in [0, 0.05) is 50.2 Å². The Bertz CT molecular complexity index is 1310. The van der Waals surface area contributed by atoms with Gasteiger partial charge in [-0.25, -0.2) is 4.99 Å². The third-order valence-electron chi connectivity index (χ3n) is 6.51. The number of aliphatic imine (C=N–C) groups is 1. The second-order valence-electron chi connectivity index (χ2n) is 8.73. The van der Waals surface area contributed by atoms with Crippen LogP contribution in [0.5, 0.6) is 5.88 Å². The highest BCUT2D eigenvalue weighted by Crippen LogP contribution is 2.40. The van der Waals surface area contributed by atoms with Crippen LogP contribution >= 0.6 is 0 Å². The zero-order chi connectivity index (χ0) is 25.3. The Kier molecular flexibility index (Phi) is 6.69. The number of H-pyrrole nitrogens is 1. The fraction of sp³-hybridized carbons (Fsp3) is 0.360. The number of piperazine rings is 1. The van der Waals surface area contributed by atoms with Crippen molar-refractivity contribution in [2.24, 2.45) is 10.1 Å². The number of nitrogens with one attached hydrogen (secondary N) is 1. The van der Waals surface area contributed by atoms with Crippen molar-refractivity contribution in [1.29, 1.82) is 0 Å². The average Bonchev–Trinajstić information content (AvgIpc) is 3.38. The number of aliphatic hydroxyl groups is 1. The second kappa shape index (κ2) is 9.92. The Labute approximate surface area is 205 Å². The van der Waals surface area contributed by atoms with Crippen molar-refractivity contribution in [1.82, 2.24) is 14.8 Å². The topological polar surface area (TPSA) is 96.7 Å². The van der Waals surface area contributed by atoms with Crippen LogP contribution in [0.3, 0.4) is 0 Å². The van der Waals surface area contributed by atoms with E-state index in [4.69, 9.17) is 9.94 Å². The van der Waals surface area contributed by atoms with Gasteiger partial charge in [-0.3, -0.25) is 9.80 Å². The molecule has 2 aliphatic rings. The zero-order valence-corrected chi connectivity index (χ0v) is 19.4. The number of para-hydroxylation sites is 2. The number of fused-ring (bicyclic) bond motifs is 2. The molecule has 0 spiro atoms. The Morgan fingerprint density at radius 2 is 1.72 bits per heavy atom. The second-order valence-corrected chi connectivity index (χ2v) is 8.73. The average molecular weight is 502 g/mol. The van der Waals surface area contributed by atoms with Crippen LogP contribution < -0.4 is 0 Å². The van der Waals surface area contributed by atoms with E-state index in [0.717, 1.165) is 32.2 Å². The molecule has 0 atom stereocenters. The third kappa shape index (κ3) is 4.69. The van der Waals surface area contributed by atoms with Crippen LogP contribution in [0.2, 0.25) is 0 Å². The summed E-state index contributed by atoms with van der Waals surface area (Å²) >= 11 is 0. The number of aliphatic hydroxyl groups excluding tert-OH is 1. The summed E-state index contributed by atoms with van der Waals surface area (Å²) in [4.78, 5) is 17.2. The summed E-state index contributed by atoms with van der Waals surface area (Å²) in [5, 5.41) is 24.3. The Morgan fingerprint density at radius 3 is 2.44 bits per heavy atom. The monoisotopic (exact) mass is 501 g/mol. The van der Waals surface area contributed by atoms with Crippen molar-refractivity contribution in [3.05, 3.63) is 59.2 Å². The molecule has 1 saturated heterocycles. The smallest absolute Gasteiger partial charge is 0.418 e. The van der Waals surface area contributed by atoms with Crippen molar-refractivity contribution in [2.45, 2.75) is 6.18 Å². The number of β-amino-alcohol motifs (C(OH)–C–C–N with tert-alkyl or cyclic N) is 1. The maximum absolute atomic E-state index is 13.6. The van der Waals surface area contributed by atoms with Gasteiger partial charge in [0.2, 0.25) is 0 Å². The minimum atomic E-state index is -4.59. The molecule has 3 aromatic rings. The summed E-state index contributed by atoms with van der Waals surface area (Å²) < 4.78 is 40.7. The predicted molar refractivity (Wildman–Crippen MR) is 130 cm³/mol. The van der Waals surface area contributed by atoms with Gasteiger partial charge in [0.05, 0.1) is 28.9 Å². The number of aromatic nitrogens is 1. The number of benzene rings is 2. The van der Waals surface area contributed by atoms with E-state index in [0.29, 0.717) is 36.7 Å². The quantitative estimate of drug-likeness (QED) is 0.341. The number of aromatic hydroxyl groups is 1. The molecule has 11 heteroatoms. The van der Waals surface area contributed by atoms with Gasteiger partial charge >= 0.3 is 6.18 Å². The van der Waals surface area contributed by atoms with Crippen LogP contribution in [0, 0.1) is 0 Å². The molecule has 0 bridgehead atoms. The van der Waals surface area contributed by atoms with Crippen molar-refractivity contribution < 1.29 is 28.2 Å². The molecule has 5 rings (SSSR count). The molecular formula is C25H26F3N5O3. The van der Waals surface area contributed by atoms with Crippen LogP contribution in [0.25, 0.3) is 10.9 Å². The minimum absolute atomic E-state index is 0.148. The van der Waals surface area contributed by atoms with E-state index < -0.39 is 17.6 Å². The predicted octanol–water partition coefficient (Wildman–Crippen LogP) is 3.36. The normalized spacial score (nSPS) is 18.1. The Morgan fingerprint density at radius 1 is 1.00 bits per heavy atom. The first-order chi connectivity index (χ1) is 17.4. The lowest BCUT2D eigenvalue weighted by atomic mass is 10.00. The van der Waals surface area contributed by atoms with Gasteiger partial charge in [-0.15, -0.1) is 0 Å². The van der Waals surface area contributed by atoms with E-state index in [2.05, 4.69) is 24.9 Å². The maximum atomic E-state index is 13.6. The van der Waals surface area contributed by atoms with Crippen molar-refractivity contribution in [2.75, 3.05) is 52.5 Å². The van der Waals surface area contributed by atoms with Crippen molar-refractivity contribution in [3.63, 3.8) is 0 Å². The summed E-state index contributed by atoms with van der Waals surface area (Å²) in [5.41, 5.74) is 0.934. The molecule has 2 aromatic carbocycles. The number of rotatable bonds is 7. The van der Waals surface area contributed by atoms with Crippen molar-refractivity contribution >= 4 is 28.0 Å². The fourth-order valence-electron chi connectivity index (χ4n) is 4.68. The highest BCUT2D eigenvalue weighted by molar-refractivity contribution is 6.58. The number of hydrogen-bond donors (Lipinski definition) is 3. The molecule has 3 heterocycles. The van der Waals surface area contributed by atoms with Crippen LogP contribution in [-0.2, 0) is 11.0 Å². The molecule has 0 amide bonds. The lowest BCUT2D eigenvalue weighted by Crippen LogP contribution is -2.47. The summed E-state index contributed by atoms with van der Waals surface area (Å²) in [6.45, 7) is 5.26. The molecular weight excluding hydrogens is 475 g/mol. The first-order valence-electron chi connectivity index (χ1n) is 11.7. The van der Waals surface area contributed by atoms with Crippen LogP contribution in [0.15, 0.2) is 52.6 Å². The van der Waals surface area contributed by atoms with Crippen molar-refractivity contribution in [3.8, 4) is 5.88 Å². The Balaban J connectivity index is 1.39. The molecule has 190 valence electrons. The van der Waals surface area contributed by atoms with Crippen LogP contribution in [-0.4, -0.2) is 88.9 Å². The molecule has 0 aliphatic carbocycles. The molecule has 2 aliphatic heterocycles. The number of hydrogen-bond acceptors (Lipinski definition) is 7. The van der Waals surface area contributed by atoms with E-state index in [1.54, 1.807) is 18.2 Å². The van der Waals surface area contributed by atoms with Gasteiger partial charge in [0.15, 0.2) is 5.88 Å². The summed E-state index contributed by atoms with van der Waals surface area (Å²) in [5.74, 6) is -0.415. The number of oxime groups is 1. The molecule has 0 radical (unpaired) electrons. The largest absolute Gasteiger partial charge is 0.494 e. The van der Waals surface area contributed by atoms with E-state index >= 15 is 0 Å². The SMILES string of the molecule is OCCN1CCN(CCO/N=C2/C(c3c(O)[nH]c4c(C(F)(F)F)cccc34)=Nc3ccccc32)CC1. The van der Waals surface area contributed by atoms with Crippen LogP contribution in [0.1, 0.15) is 16.7 Å². The minimum Gasteiger partial charge on any atom is -0.494 e. The lowest BCUT2D eigenvalue weighted by molar-refractivity contribution is -0.136. The lowest BCUT2D eigenvalue weighted by Gasteiger charge is -2.33. The van der Waals surface area contributed by atoms with E-state index in [1.807, 2.05) is 6.07 Å². The highest BCUT2D eigenvalue weighted by atomic mass is 19.4. The zero-order valence-electron chi connectivity index (χ0n) is 19.4. The van der Waals surface area contributed by atoms with Gasteiger partial charge in [-0.05, 0) is 12.1 Å². The van der Waals surface area contributed by atoms with E-state index in [1.165, 1.54) is 12.1 Å². The molecule has 0 unspecified atom stereocenters. The highest BCUT2D eigenvalue weighted by Gasteiger charge is 2.36.